The molecule has 0 radical (unpaired) electrons. The Balaban J connectivity index is 1.95. The van der Waals surface area contributed by atoms with Gasteiger partial charge in [0.1, 0.15) is 5.75 Å². The summed E-state index contributed by atoms with van der Waals surface area (Å²) in [6.45, 7) is -2.46. The average Bonchev–Trinajstić information content (AvgIpc) is 2.98. The lowest BCUT2D eigenvalue weighted by Gasteiger charge is -2.23. The smallest absolute Gasteiger partial charge is 0.387 e. The molecule has 1 atom stereocenters. The lowest BCUT2D eigenvalue weighted by atomic mass is 9.98. The fourth-order valence-electron chi connectivity index (χ4n) is 2.77. The second kappa shape index (κ2) is 7.36. The number of amides is 1. The Morgan fingerprint density at radius 1 is 1.29 bits per heavy atom. The third-order valence-electron chi connectivity index (χ3n) is 3.88. The lowest BCUT2D eigenvalue weighted by molar-refractivity contribution is -0.0498. The van der Waals surface area contributed by atoms with E-state index >= 15 is 0 Å². The van der Waals surface area contributed by atoms with Gasteiger partial charge in [-0.2, -0.15) is 8.78 Å². The standard InChI is InChI=1S/C15H20F2N2O2/c16-15(17)21-12-7-5-11(6-8-12)14(20)19-13(9-18)10-3-1-2-4-10/h5-8,10,13,15H,1-4,9,18H2,(H,19,20). The van der Waals surface area contributed by atoms with Crippen LogP contribution in [-0.4, -0.2) is 25.1 Å². The van der Waals surface area contributed by atoms with Crippen LogP contribution in [0.2, 0.25) is 0 Å². The van der Waals surface area contributed by atoms with E-state index in [4.69, 9.17) is 5.73 Å². The molecule has 4 nitrogen and oxygen atoms in total. The summed E-state index contributed by atoms with van der Waals surface area (Å²) in [5.74, 6) is 0.231. The van der Waals surface area contributed by atoms with E-state index in [0.717, 1.165) is 12.8 Å². The molecule has 1 aliphatic rings. The van der Waals surface area contributed by atoms with E-state index in [1.807, 2.05) is 0 Å². The Labute approximate surface area is 122 Å². The average molecular weight is 298 g/mol. The van der Waals surface area contributed by atoms with Gasteiger partial charge in [-0.1, -0.05) is 12.8 Å². The Bertz CT molecular complexity index is 459. The molecule has 1 unspecified atom stereocenters. The van der Waals surface area contributed by atoms with Crippen LogP contribution >= 0.6 is 0 Å². The largest absolute Gasteiger partial charge is 0.435 e. The molecule has 1 amide bonds. The van der Waals surface area contributed by atoms with Crippen LogP contribution in [0, 0.1) is 5.92 Å². The molecule has 6 heteroatoms. The van der Waals surface area contributed by atoms with E-state index in [0.29, 0.717) is 18.0 Å². The summed E-state index contributed by atoms with van der Waals surface area (Å²) in [5.41, 5.74) is 6.15. The molecular formula is C15H20F2N2O2. The Kier molecular flexibility index (Phi) is 5.50. The predicted molar refractivity (Wildman–Crippen MR) is 75.3 cm³/mol. The molecule has 0 spiro atoms. The van der Waals surface area contributed by atoms with E-state index < -0.39 is 6.61 Å². The van der Waals surface area contributed by atoms with E-state index in [9.17, 15) is 13.6 Å². The van der Waals surface area contributed by atoms with Gasteiger partial charge >= 0.3 is 6.61 Å². The number of hydrogen-bond acceptors (Lipinski definition) is 3. The minimum atomic E-state index is -2.87. The van der Waals surface area contributed by atoms with Crippen molar-refractivity contribution >= 4 is 5.91 Å². The van der Waals surface area contributed by atoms with E-state index in [1.54, 1.807) is 0 Å². The maximum absolute atomic E-state index is 12.1. The molecule has 1 fully saturated rings. The Morgan fingerprint density at radius 3 is 2.43 bits per heavy atom. The molecule has 2 rings (SSSR count). The summed E-state index contributed by atoms with van der Waals surface area (Å²) in [7, 11) is 0. The maximum Gasteiger partial charge on any atom is 0.387 e. The van der Waals surface area contributed by atoms with Crippen molar-refractivity contribution in [1.82, 2.24) is 5.32 Å². The summed E-state index contributed by atoms with van der Waals surface area (Å²) in [6, 6.07) is 5.62. The van der Waals surface area contributed by atoms with Gasteiger partial charge in [0, 0.05) is 18.2 Å². The van der Waals surface area contributed by atoms with Gasteiger partial charge in [-0.25, -0.2) is 0 Å². The Hall–Kier alpha value is -1.69. The van der Waals surface area contributed by atoms with Crippen molar-refractivity contribution in [1.29, 1.82) is 0 Å². The van der Waals surface area contributed by atoms with Crippen molar-refractivity contribution < 1.29 is 18.3 Å². The lowest BCUT2D eigenvalue weighted by Crippen LogP contribution is -2.44. The Morgan fingerprint density at radius 2 is 1.90 bits per heavy atom. The van der Waals surface area contributed by atoms with Gasteiger partial charge in [0.15, 0.2) is 0 Å². The molecule has 1 aromatic carbocycles. The van der Waals surface area contributed by atoms with Crippen molar-refractivity contribution in [2.24, 2.45) is 11.7 Å². The van der Waals surface area contributed by atoms with Crippen molar-refractivity contribution in [3.63, 3.8) is 0 Å². The third-order valence-corrected chi connectivity index (χ3v) is 3.88. The number of halogens is 2. The van der Waals surface area contributed by atoms with E-state index in [1.165, 1.54) is 37.1 Å². The summed E-state index contributed by atoms with van der Waals surface area (Å²) >= 11 is 0. The van der Waals surface area contributed by atoms with Crippen molar-refractivity contribution in [2.45, 2.75) is 38.3 Å². The molecule has 3 N–H and O–H groups in total. The number of benzene rings is 1. The van der Waals surface area contributed by atoms with Crippen LogP contribution in [0.3, 0.4) is 0 Å². The molecule has 0 aliphatic heterocycles. The van der Waals surface area contributed by atoms with Gasteiger partial charge in [-0.3, -0.25) is 4.79 Å². The number of nitrogens with one attached hydrogen (secondary N) is 1. The number of carbonyl (C=O) groups excluding carboxylic acids is 1. The van der Waals surface area contributed by atoms with Crippen molar-refractivity contribution in [3.8, 4) is 5.75 Å². The predicted octanol–water partition coefficient (Wildman–Crippen LogP) is 2.54. The van der Waals surface area contributed by atoms with Crippen molar-refractivity contribution in [2.75, 3.05) is 6.54 Å². The van der Waals surface area contributed by atoms with Gasteiger partial charge in [0.05, 0.1) is 0 Å². The van der Waals surface area contributed by atoms with Crippen LogP contribution in [0.25, 0.3) is 0 Å². The molecule has 0 saturated heterocycles. The molecule has 0 bridgehead atoms. The number of carbonyl (C=O) groups is 1. The van der Waals surface area contributed by atoms with Crippen LogP contribution in [0.4, 0.5) is 8.78 Å². The summed E-state index contributed by atoms with van der Waals surface area (Å²) in [5, 5.41) is 2.93. The molecule has 116 valence electrons. The molecule has 1 saturated carbocycles. The first-order valence-corrected chi connectivity index (χ1v) is 7.16. The SMILES string of the molecule is NCC(NC(=O)c1ccc(OC(F)F)cc1)C1CCCC1. The molecule has 1 aliphatic carbocycles. The zero-order valence-electron chi connectivity index (χ0n) is 11.7. The van der Waals surface area contributed by atoms with Crippen LogP contribution < -0.4 is 15.8 Å². The second-order valence-electron chi connectivity index (χ2n) is 5.26. The van der Waals surface area contributed by atoms with E-state index in [2.05, 4.69) is 10.1 Å². The normalized spacial score (nSPS) is 17.0. The number of rotatable bonds is 6. The fraction of sp³-hybridized carbons (Fsp3) is 0.533. The quantitative estimate of drug-likeness (QED) is 0.848. The maximum atomic E-state index is 12.1. The number of nitrogens with two attached hydrogens (primary N) is 1. The van der Waals surface area contributed by atoms with Gasteiger partial charge in [0.25, 0.3) is 5.91 Å². The molecular weight excluding hydrogens is 278 g/mol. The first-order chi connectivity index (χ1) is 10.1. The van der Waals surface area contributed by atoms with Crippen LogP contribution in [0.1, 0.15) is 36.0 Å². The molecule has 0 heterocycles. The van der Waals surface area contributed by atoms with Crippen LogP contribution in [0.15, 0.2) is 24.3 Å². The molecule has 1 aromatic rings. The summed E-state index contributed by atoms with van der Waals surface area (Å²) in [4.78, 5) is 12.1. The minimum absolute atomic E-state index is 0.0306. The van der Waals surface area contributed by atoms with Gasteiger partial charge < -0.3 is 15.8 Å². The zero-order chi connectivity index (χ0) is 15.2. The molecule has 0 aromatic heterocycles. The van der Waals surface area contributed by atoms with Crippen LogP contribution in [0.5, 0.6) is 5.75 Å². The highest BCUT2D eigenvalue weighted by molar-refractivity contribution is 5.94. The summed E-state index contributed by atoms with van der Waals surface area (Å²) < 4.78 is 28.4. The highest BCUT2D eigenvalue weighted by Gasteiger charge is 2.25. The number of ether oxygens (including phenoxy) is 1. The topological polar surface area (TPSA) is 64.3 Å². The van der Waals surface area contributed by atoms with Gasteiger partial charge in [0.2, 0.25) is 0 Å². The van der Waals surface area contributed by atoms with Crippen molar-refractivity contribution in [3.05, 3.63) is 29.8 Å². The monoisotopic (exact) mass is 298 g/mol. The van der Waals surface area contributed by atoms with E-state index in [-0.39, 0.29) is 17.7 Å². The van der Waals surface area contributed by atoms with Gasteiger partial charge in [-0.15, -0.1) is 0 Å². The van der Waals surface area contributed by atoms with Crippen LogP contribution in [-0.2, 0) is 0 Å². The first-order valence-electron chi connectivity index (χ1n) is 7.16. The highest BCUT2D eigenvalue weighted by Crippen LogP contribution is 2.27. The highest BCUT2D eigenvalue weighted by atomic mass is 19.3. The first kappa shape index (κ1) is 15.7. The molecule has 21 heavy (non-hydrogen) atoms. The fourth-order valence-corrected chi connectivity index (χ4v) is 2.77. The van der Waals surface area contributed by atoms with Gasteiger partial charge in [-0.05, 0) is 43.0 Å². The minimum Gasteiger partial charge on any atom is -0.435 e. The third kappa shape index (κ3) is 4.39. The summed E-state index contributed by atoms with van der Waals surface area (Å²) in [6.07, 6.45) is 4.53. The zero-order valence-corrected chi connectivity index (χ0v) is 11.7. The number of alkyl halides is 2. The second-order valence-corrected chi connectivity index (χ2v) is 5.26. The number of hydrogen-bond donors (Lipinski definition) is 2.